The van der Waals surface area contributed by atoms with Crippen molar-refractivity contribution in [2.75, 3.05) is 0 Å². The fraction of sp³-hybridized carbons (Fsp3) is 0.0571. The van der Waals surface area contributed by atoms with E-state index in [-0.39, 0.29) is 0 Å². The number of aromatic nitrogens is 1. The third-order valence-electron chi connectivity index (χ3n) is 8.80. The summed E-state index contributed by atoms with van der Waals surface area (Å²) in [5.74, 6) is -71.4. The summed E-state index contributed by atoms with van der Waals surface area (Å²) in [6, 6.07) is 10.1. The summed E-state index contributed by atoms with van der Waals surface area (Å²) >= 11 is 1.53. The van der Waals surface area contributed by atoms with E-state index in [1.807, 2.05) is 45.8 Å². The largest absolute Gasteiger partial charge is 0.239 e. The van der Waals surface area contributed by atoms with Crippen molar-refractivity contribution in [2.45, 2.75) is 13.2 Å². The van der Waals surface area contributed by atoms with Gasteiger partial charge >= 0.3 is 0 Å². The fourth-order valence-corrected chi connectivity index (χ4v) is 6.99. The van der Waals surface area contributed by atoms with Gasteiger partial charge in [0.15, 0.2) is 83.0 Å². The van der Waals surface area contributed by atoms with E-state index in [0.29, 0.717) is 0 Å². The smallest absolute Gasteiger partial charge is 0.225 e. The van der Waals surface area contributed by atoms with Crippen LogP contribution < -0.4 is 26.4 Å². The Bertz CT molecular complexity index is 2250. The van der Waals surface area contributed by atoms with Gasteiger partial charge in [-0.25, -0.2) is 92.2 Å². The van der Waals surface area contributed by atoms with E-state index in [1.165, 1.54) is 16.9 Å². The molecule has 5 aromatic carbocycles. The first-order valence-electron chi connectivity index (χ1n) is 15.4. The van der Waals surface area contributed by atoms with Crippen molar-refractivity contribution in [2.24, 2.45) is 0 Å². The van der Waals surface area contributed by atoms with Crippen LogP contribution in [-0.4, -0.2) is 6.15 Å². The molecule has 0 spiro atoms. The molecule has 0 aliphatic carbocycles. The molecule has 0 radical (unpaired) electrons. The van der Waals surface area contributed by atoms with Crippen LogP contribution in [0.15, 0.2) is 41.2 Å². The molecule has 1 heterocycles. The molecule has 59 heavy (non-hydrogen) atoms. The van der Waals surface area contributed by atoms with E-state index < -0.39 is 151 Å². The van der Waals surface area contributed by atoms with Crippen molar-refractivity contribution in [1.29, 1.82) is 0 Å². The quantitative estimate of drug-likeness (QED) is 0.0499. The van der Waals surface area contributed by atoms with Crippen molar-refractivity contribution in [3.8, 4) is 0 Å². The van der Waals surface area contributed by atoms with E-state index in [2.05, 4.69) is 0 Å². The van der Waals surface area contributed by atoms with Gasteiger partial charge in [0.2, 0.25) is 11.2 Å². The predicted molar refractivity (Wildman–Crippen MR) is 164 cm³/mol. The van der Waals surface area contributed by atoms with Gasteiger partial charge in [0.25, 0.3) is 0 Å². The Morgan fingerprint density at radius 1 is 0.373 bits per heavy atom. The second kappa shape index (κ2) is 16.5. The summed E-state index contributed by atoms with van der Waals surface area (Å²) in [5.41, 5.74) is -10.4. The number of alkyl halides is 1. The summed E-state index contributed by atoms with van der Waals surface area (Å²) in [4.78, 5) is 0. The zero-order chi connectivity index (χ0) is 44.2. The topological polar surface area (TPSA) is 3.88 Å². The molecule has 6 rings (SSSR count). The first-order valence-corrected chi connectivity index (χ1v) is 16.3. The van der Waals surface area contributed by atoms with Gasteiger partial charge in [0.05, 0.1) is 5.38 Å². The number of thiazole rings is 1. The molecule has 0 bridgehead atoms. The normalized spacial score (nSPS) is 11.6. The Morgan fingerprint density at radius 3 is 0.881 bits per heavy atom. The summed E-state index contributed by atoms with van der Waals surface area (Å²) in [6.07, 6.45) is -7.22. The van der Waals surface area contributed by atoms with Crippen molar-refractivity contribution in [3.63, 3.8) is 0 Å². The molecule has 0 aliphatic heterocycles. The Hall–Kier alpha value is -5.68. The Morgan fingerprint density at radius 2 is 0.627 bits per heavy atom. The second-order valence-corrected chi connectivity index (χ2v) is 12.6. The number of nitrogens with zero attached hydrogens (tertiary/aromatic N) is 1. The molecule has 24 heteroatoms. The lowest BCUT2D eigenvalue weighted by atomic mass is 9.12. The Kier molecular flexibility index (Phi) is 12.4. The number of rotatable bonds is 7. The van der Waals surface area contributed by atoms with Crippen LogP contribution in [0.4, 0.5) is 92.2 Å². The molecule has 0 fully saturated rings. The van der Waals surface area contributed by atoms with Crippen molar-refractivity contribution < 1.29 is 96.8 Å². The number of halogens is 21. The molecular formula is C35H11BF21NS. The fourth-order valence-electron chi connectivity index (χ4n) is 6.22. The standard InChI is InChI=1S/C24BF20.C11H11FNS/c26-5-1(6(27)14(35)21(42)13(5)34)25(2-7(28)15(36)22(43)16(37)8(2)29,3-9(30)17(38)23(44)18(39)10(3)31)4-11(32)19(40)24(45)20(41)12(4)33;12-6-11-8-14-9-13(11)7-10-4-2-1-3-5-10/h;1-5,8-9H,6-7H2/q-1;+1. The highest BCUT2D eigenvalue weighted by Crippen LogP contribution is 2.30. The van der Waals surface area contributed by atoms with E-state index in [0.717, 1.165) is 12.2 Å². The predicted octanol–water partition coefficient (Wildman–Crippen LogP) is 8.40. The molecule has 1 nitrogen and oxygen atoms in total. The molecular weight excluding hydrogens is 876 g/mol. The van der Waals surface area contributed by atoms with Crippen LogP contribution in [0.2, 0.25) is 0 Å². The lowest BCUT2D eigenvalue weighted by molar-refractivity contribution is -0.692. The van der Waals surface area contributed by atoms with Gasteiger partial charge in [-0.1, -0.05) is 41.7 Å². The number of hydrogen-bond acceptors (Lipinski definition) is 1. The lowest BCUT2D eigenvalue weighted by Crippen LogP contribution is -2.81. The number of benzene rings is 5. The van der Waals surface area contributed by atoms with Crippen molar-refractivity contribution in [3.05, 3.63) is 169 Å². The van der Waals surface area contributed by atoms with Crippen LogP contribution in [0, 0.1) is 116 Å². The highest BCUT2D eigenvalue weighted by Gasteiger charge is 2.52. The van der Waals surface area contributed by atoms with Crippen molar-refractivity contribution >= 4 is 39.3 Å². The zero-order valence-electron chi connectivity index (χ0n) is 27.8. The molecule has 312 valence electrons. The van der Waals surface area contributed by atoms with Gasteiger partial charge in [-0.05, 0) is 0 Å². The maximum Gasteiger partial charge on any atom is 0.225 e. The summed E-state index contributed by atoms with van der Waals surface area (Å²) in [5, 5.41) is 1.85. The zero-order valence-corrected chi connectivity index (χ0v) is 28.6. The van der Waals surface area contributed by atoms with E-state index in [9.17, 15) is 57.1 Å². The van der Waals surface area contributed by atoms with E-state index >= 15 is 35.1 Å². The minimum absolute atomic E-state index is 0.393. The molecule has 0 unspecified atom stereocenters. The minimum atomic E-state index is -7.22. The summed E-state index contributed by atoms with van der Waals surface area (Å²) in [6.45, 7) is 0.361. The van der Waals surface area contributed by atoms with Crippen LogP contribution in [0.1, 0.15) is 11.3 Å². The van der Waals surface area contributed by atoms with Crippen LogP contribution in [0.3, 0.4) is 0 Å². The SMILES string of the molecule is FCc1csc[n+]1Cc1ccccc1.Fc1c(F)c(F)c([B-](c2c(F)c(F)c(F)c(F)c2F)(c2c(F)c(F)c(F)c(F)c2F)c2c(F)c(F)c(F)c(F)c2F)c(F)c1F. The highest BCUT2D eigenvalue weighted by atomic mass is 32.1. The monoisotopic (exact) mass is 887 g/mol. The van der Waals surface area contributed by atoms with Crippen LogP contribution in [-0.2, 0) is 13.2 Å². The van der Waals surface area contributed by atoms with Gasteiger partial charge in [-0.3, -0.25) is 0 Å². The molecule has 1 aromatic heterocycles. The molecule has 0 saturated carbocycles. The molecule has 0 N–H and O–H groups in total. The molecule has 0 atom stereocenters. The van der Waals surface area contributed by atoms with E-state index in [1.54, 1.807) is 0 Å². The third kappa shape index (κ3) is 6.93. The Balaban J connectivity index is 0.000000395. The maximum atomic E-state index is 15.4. The van der Waals surface area contributed by atoms with E-state index in [4.69, 9.17) is 0 Å². The van der Waals surface area contributed by atoms with Crippen LogP contribution in [0.5, 0.6) is 0 Å². The molecule has 0 aliphatic rings. The van der Waals surface area contributed by atoms with Gasteiger partial charge in [0, 0.05) is 5.56 Å². The molecule has 0 amide bonds. The van der Waals surface area contributed by atoms with Crippen LogP contribution >= 0.6 is 11.3 Å². The van der Waals surface area contributed by atoms with Crippen LogP contribution in [0.25, 0.3) is 0 Å². The maximum absolute atomic E-state index is 15.4. The van der Waals surface area contributed by atoms with Gasteiger partial charge in [0.1, 0.15) is 52.7 Å². The number of hydrogen-bond donors (Lipinski definition) is 0. The average molecular weight is 887 g/mol. The lowest BCUT2D eigenvalue weighted by Gasteiger charge is -2.44. The second-order valence-electron chi connectivity index (χ2n) is 11.9. The third-order valence-corrected chi connectivity index (χ3v) is 9.59. The minimum Gasteiger partial charge on any atom is -0.239 e. The summed E-state index contributed by atoms with van der Waals surface area (Å²) < 4.78 is 308. The van der Waals surface area contributed by atoms with Crippen molar-refractivity contribution in [1.82, 2.24) is 0 Å². The van der Waals surface area contributed by atoms with Gasteiger partial charge in [-0.15, -0.1) is 21.9 Å². The molecule has 0 saturated heterocycles. The Labute approximate surface area is 318 Å². The van der Waals surface area contributed by atoms with Gasteiger partial charge in [-0.2, -0.15) is 4.57 Å². The molecule has 6 aromatic rings. The average Bonchev–Trinajstić information content (AvgIpc) is 3.68. The highest BCUT2D eigenvalue weighted by molar-refractivity contribution is 7.20. The first-order chi connectivity index (χ1) is 27.6. The first kappa shape index (κ1) is 44.4. The van der Waals surface area contributed by atoms with Gasteiger partial charge < -0.3 is 0 Å². The summed E-state index contributed by atoms with van der Waals surface area (Å²) in [7, 11) is 0.